The van der Waals surface area contributed by atoms with E-state index in [4.69, 9.17) is 5.73 Å². The van der Waals surface area contributed by atoms with E-state index in [-0.39, 0.29) is 11.8 Å². The molecule has 0 radical (unpaired) electrons. The quantitative estimate of drug-likeness (QED) is 0.783. The fourth-order valence-corrected chi connectivity index (χ4v) is 1.50. The molecule has 0 aliphatic carbocycles. The van der Waals surface area contributed by atoms with Crippen molar-refractivity contribution in [2.24, 2.45) is 0 Å². The van der Waals surface area contributed by atoms with Gasteiger partial charge < -0.3 is 11.1 Å². The van der Waals surface area contributed by atoms with Crippen LogP contribution < -0.4 is 11.1 Å². The van der Waals surface area contributed by atoms with Crippen molar-refractivity contribution in [2.75, 3.05) is 11.1 Å². The summed E-state index contributed by atoms with van der Waals surface area (Å²) in [6.07, 6.45) is 0. The van der Waals surface area contributed by atoms with Crippen molar-refractivity contribution in [3.05, 3.63) is 34.3 Å². The van der Waals surface area contributed by atoms with E-state index in [0.29, 0.717) is 10.2 Å². The van der Waals surface area contributed by atoms with Crippen LogP contribution in [-0.4, -0.2) is 21.1 Å². The van der Waals surface area contributed by atoms with Crippen LogP contribution in [0.1, 0.15) is 10.6 Å². The number of hydrogen-bond acceptors (Lipinski definition) is 4. The molecule has 0 atom stereocenters. The third kappa shape index (κ3) is 2.59. The normalized spacial score (nSPS) is 10.2. The summed E-state index contributed by atoms with van der Waals surface area (Å²) >= 11 is 3.18. The molecule has 1 aromatic heterocycles. The highest BCUT2D eigenvalue weighted by Crippen LogP contribution is 2.23. The first-order valence-electron chi connectivity index (χ1n) is 4.50. The molecule has 1 amide bonds. The second kappa shape index (κ2) is 4.50. The van der Waals surface area contributed by atoms with Gasteiger partial charge in [-0.25, -0.2) is 4.39 Å². The number of nitrogens with zero attached hydrogens (tertiary/aromatic N) is 2. The molecule has 2 rings (SSSR count). The first-order chi connectivity index (χ1) is 8.06. The Balaban J connectivity index is 2.21. The van der Waals surface area contributed by atoms with Gasteiger partial charge >= 0.3 is 0 Å². The zero-order valence-electron chi connectivity index (χ0n) is 8.37. The van der Waals surface area contributed by atoms with Gasteiger partial charge in [0.25, 0.3) is 5.91 Å². The first-order valence-corrected chi connectivity index (χ1v) is 5.30. The van der Waals surface area contributed by atoms with Gasteiger partial charge in [-0.1, -0.05) is 0 Å². The molecule has 6 nitrogen and oxygen atoms in total. The van der Waals surface area contributed by atoms with Crippen LogP contribution in [0.3, 0.4) is 0 Å². The number of rotatable bonds is 2. The summed E-state index contributed by atoms with van der Waals surface area (Å²) in [5, 5.41) is 8.33. The monoisotopic (exact) mass is 299 g/mol. The number of anilines is 2. The maximum absolute atomic E-state index is 13.0. The van der Waals surface area contributed by atoms with E-state index in [1.807, 2.05) is 0 Å². The molecule has 0 saturated carbocycles. The molecule has 0 aliphatic heterocycles. The smallest absolute Gasteiger partial charge is 0.293 e. The van der Waals surface area contributed by atoms with Crippen molar-refractivity contribution in [1.82, 2.24) is 15.2 Å². The largest absolute Gasteiger partial charge is 0.366 e. The van der Waals surface area contributed by atoms with Gasteiger partial charge in [0.15, 0.2) is 0 Å². The van der Waals surface area contributed by atoms with Crippen LogP contribution in [0.15, 0.2) is 22.7 Å². The number of carbonyl (C=O) groups is 1. The average Bonchev–Trinajstić information content (AvgIpc) is 2.70. The number of halogens is 2. The molecular formula is C9H7BrFN5O. The lowest BCUT2D eigenvalue weighted by Gasteiger charge is -2.05. The standard InChI is InChI=1S/C9H7BrFN5O/c10-5-2-1-4(11)3-6(5)13-8(17)7-14-9(12)16-15-7/h1-3H,(H,13,17)(H3,12,14,15,16). The molecule has 8 heteroatoms. The Hall–Kier alpha value is -1.96. The summed E-state index contributed by atoms with van der Waals surface area (Å²) in [5.74, 6) is -1.09. The van der Waals surface area contributed by atoms with Gasteiger partial charge in [0.1, 0.15) is 5.82 Å². The van der Waals surface area contributed by atoms with Gasteiger partial charge in [-0.3, -0.25) is 9.89 Å². The van der Waals surface area contributed by atoms with Crippen molar-refractivity contribution in [3.8, 4) is 0 Å². The molecule has 0 unspecified atom stereocenters. The molecule has 1 heterocycles. The van der Waals surface area contributed by atoms with Gasteiger partial charge in [-0.05, 0) is 34.1 Å². The number of nitrogen functional groups attached to an aromatic ring is 1. The number of carbonyl (C=O) groups excluding carboxylic acids is 1. The molecule has 2 aromatic rings. The maximum atomic E-state index is 13.0. The fraction of sp³-hybridized carbons (Fsp3) is 0. The van der Waals surface area contributed by atoms with Crippen LogP contribution in [0.5, 0.6) is 0 Å². The predicted octanol–water partition coefficient (Wildman–Crippen LogP) is 1.54. The van der Waals surface area contributed by atoms with E-state index in [9.17, 15) is 9.18 Å². The third-order valence-corrected chi connectivity index (χ3v) is 2.59. The average molecular weight is 300 g/mol. The zero-order valence-corrected chi connectivity index (χ0v) is 9.95. The summed E-state index contributed by atoms with van der Waals surface area (Å²) in [6.45, 7) is 0. The van der Waals surface area contributed by atoms with Gasteiger partial charge in [0.05, 0.1) is 5.69 Å². The summed E-state index contributed by atoms with van der Waals surface area (Å²) in [5.41, 5.74) is 5.56. The van der Waals surface area contributed by atoms with Crippen molar-refractivity contribution in [3.63, 3.8) is 0 Å². The molecule has 0 spiro atoms. The Morgan fingerprint density at radius 1 is 1.53 bits per heavy atom. The van der Waals surface area contributed by atoms with Gasteiger partial charge in [-0.15, -0.1) is 5.10 Å². The van der Waals surface area contributed by atoms with Gasteiger partial charge in [-0.2, -0.15) is 4.98 Å². The van der Waals surface area contributed by atoms with E-state index >= 15 is 0 Å². The second-order valence-corrected chi connectivity index (χ2v) is 3.97. The van der Waals surface area contributed by atoms with E-state index < -0.39 is 11.7 Å². The van der Waals surface area contributed by atoms with Crippen LogP contribution in [0, 0.1) is 5.82 Å². The molecule has 0 fully saturated rings. The molecule has 4 N–H and O–H groups in total. The Morgan fingerprint density at radius 3 is 2.94 bits per heavy atom. The molecule has 0 bridgehead atoms. The third-order valence-electron chi connectivity index (χ3n) is 1.89. The summed E-state index contributed by atoms with van der Waals surface area (Å²) < 4.78 is 13.5. The van der Waals surface area contributed by atoms with Crippen molar-refractivity contribution in [2.45, 2.75) is 0 Å². The number of aromatic amines is 1. The Kier molecular flexibility index (Phi) is 3.05. The number of H-pyrrole nitrogens is 1. The summed E-state index contributed by atoms with van der Waals surface area (Å²) in [4.78, 5) is 15.3. The molecule has 0 saturated heterocycles. The molecule has 1 aromatic carbocycles. The first kappa shape index (κ1) is 11.5. The van der Waals surface area contributed by atoms with E-state index in [1.54, 1.807) is 0 Å². The zero-order chi connectivity index (χ0) is 12.4. The molecule has 88 valence electrons. The van der Waals surface area contributed by atoms with E-state index in [2.05, 4.69) is 36.4 Å². The van der Waals surface area contributed by atoms with E-state index in [1.165, 1.54) is 18.2 Å². The highest BCUT2D eigenvalue weighted by atomic mass is 79.9. The molecule has 17 heavy (non-hydrogen) atoms. The lowest BCUT2D eigenvalue weighted by atomic mass is 10.3. The van der Waals surface area contributed by atoms with Crippen LogP contribution >= 0.6 is 15.9 Å². The SMILES string of the molecule is Nc1n[nH]c(C(=O)Nc2cc(F)ccc2Br)n1. The number of nitrogens with one attached hydrogen (secondary N) is 2. The molecular weight excluding hydrogens is 293 g/mol. The minimum Gasteiger partial charge on any atom is -0.366 e. The number of hydrogen-bond donors (Lipinski definition) is 3. The van der Waals surface area contributed by atoms with Crippen LogP contribution in [0.4, 0.5) is 16.0 Å². The minimum atomic E-state index is -0.555. The highest BCUT2D eigenvalue weighted by molar-refractivity contribution is 9.10. The van der Waals surface area contributed by atoms with Crippen molar-refractivity contribution < 1.29 is 9.18 Å². The summed E-state index contributed by atoms with van der Waals surface area (Å²) in [7, 11) is 0. The van der Waals surface area contributed by atoms with Crippen LogP contribution in [0.2, 0.25) is 0 Å². The van der Waals surface area contributed by atoms with Crippen molar-refractivity contribution >= 4 is 33.5 Å². The lowest BCUT2D eigenvalue weighted by Crippen LogP contribution is -2.14. The Morgan fingerprint density at radius 2 is 2.29 bits per heavy atom. The number of nitrogens with two attached hydrogens (primary N) is 1. The predicted molar refractivity (Wildman–Crippen MR) is 62.8 cm³/mol. The number of benzene rings is 1. The summed E-state index contributed by atoms with van der Waals surface area (Å²) in [6, 6.07) is 3.94. The topological polar surface area (TPSA) is 96.7 Å². The van der Waals surface area contributed by atoms with E-state index in [0.717, 1.165) is 0 Å². The Labute approximate surface area is 104 Å². The van der Waals surface area contributed by atoms with Crippen molar-refractivity contribution in [1.29, 1.82) is 0 Å². The van der Waals surface area contributed by atoms with Crippen LogP contribution in [-0.2, 0) is 0 Å². The number of amides is 1. The van der Waals surface area contributed by atoms with Gasteiger partial charge in [0.2, 0.25) is 11.8 Å². The lowest BCUT2D eigenvalue weighted by molar-refractivity contribution is 0.101. The maximum Gasteiger partial charge on any atom is 0.293 e. The number of aromatic nitrogens is 3. The Bertz CT molecular complexity index is 570. The fourth-order valence-electron chi connectivity index (χ4n) is 1.15. The molecule has 0 aliphatic rings. The highest BCUT2D eigenvalue weighted by Gasteiger charge is 2.12. The van der Waals surface area contributed by atoms with Gasteiger partial charge in [0, 0.05) is 4.47 Å². The van der Waals surface area contributed by atoms with Crippen LogP contribution in [0.25, 0.3) is 0 Å². The minimum absolute atomic E-state index is 0.0338. The second-order valence-electron chi connectivity index (χ2n) is 3.12.